The minimum Gasteiger partial charge on any atom is -0.493 e. The standard InChI is InChI=1S/C31H38FN3O6S/c1-5-7-19-33-31(37)27(6-2)34(21-23-11-9-8-10-12-23)30(36)22-35(25-15-13-24(32)14-16-25)42(38,39)26-17-18-28(40-3)29(20-26)41-4/h8-18,20,27H,5-7,19,21-22H2,1-4H3,(H,33,37). The van der Waals surface area contributed by atoms with E-state index in [0.29, 0.717) is 18.7 Å². The van der Waals surface area contributed by atoms with Gasteiger partial charge in [0.05, 0.1) is 24.8 Å². The maximum atomic E-state index is 14.1. The highest BCUT2D eigenvalue weighted by Gasteiger charge is 2.34. The third-order valence-corrected chi connectivity index (χ3v) is 8.52. The summed E-state index contributed by atoms with van der Waals surface area (Å²) in [5.41, 5.74) is 0.862. The molecule has 2 amide bonds. The first kappa shape index (κ1) is 32.4. The summed E-state index contributed by atoms with van der Waals surface area (Å²) >= 11 is 0. The monoisotopic (exact) mass is 599 g/mol. The van der Waals surface area contributed by atoms with Crippen LogP contribution in [0.5, 0.6) is 11.5 Å². The van der Waals surface area contributed by atoms with E-state index in [0.717, 1.165) is 34.8 Å². The van der Waals surface area contributed by atoms with Crippen molar-refractivity contribution in [1.29, 1.82) is 0 Å². The molecule has 1 N–H and O–H groups in total. The zero-order valence-corrected chi connectivity index (χ0v) is 25.2. The van der Waals surface area contributed by atoms with E-state index in [2.05, 4.69) is 5.32 Å². The van der Waals surface area contributed by atoms with Crippen molar-refractivity contribution in [3.05, 3.63) is 84.2 Å². The number of anilines is 1. The van der Waals surface area contributed by atoms with Crippen molar-refractivity contribution in [3.8, 4) is 11.5 Å². The highest BCUT2D eigenvalue weighted by atomic mass is 32.2. The summed E-state index contributed by atoms with van der Waals surface area (Å²) in [5.74, 6) is -0.954. The molecule has 0 bridgehead atoms. The average Bonchev–Trinajstić information content (AvgIpc) is 3.00. The Bertz CT molecular complexity index is 1430. The van der Waals surface area contributed by atoms with Crippen LogP contribution < -0.4 is 19.1 Å². The van der Waals surface area contributed by atoms with Crippen LogP contribution in [0.25, 0.3) is 0 Å². The maximum absolute atomic E-state index is 14.1. The van der Waals surface area contributed by atoms with Gasteiger partial charge in [-0.05, 0) is 54.8 Å². The molecule has 0 fully saturated rings. The van der Waals surface area contributed by atoms with Crippen molar-refractivity contribution in [2.75, 3.05) is 31.6 Å². The number of sulfonamides is 1. The number of carbonyl (C=O) groups is 2. The number of unbranched alkanes of at least 4 members (excludes halogenated alkanes) is 1. The summed E-state index contributed by atoms with van der Waals surface area (Å²) in [7, 11) is -1.56. The number of nitrogens with one attached hydrogen (secondary N) is 1. The van der Waals surface area contributed by atoms with Crippen LogP contribution in [0.15, 0.2) is 77.7 Å². The first-order chi connectivity index (χ1) is 20.2. The van der Waals surface area contributed by atoms with Crippen molar-refractivity contribution in [3.63, 3.8) is 0 Å². The quantitative estimate of drug-likeness (QED) is 0.253. The van der Waals surface area contributed by atoms with Crippen molar-refractivity contribution in [2.45, 2.75) is 50.6 Å². The zero-order chi connectivity index (χ0) is 30.7. The molecule has 0 aliphatic heterocycles. The van der Waals surface area contributed by atoms with Crippen LogP contribution in [0, 0.1) is 5.82 Å². The highest BCUT2D eigenvalue weighted by Crippen LogP contribution is 2.32. The Balaban J connectivity index is 2.05. The first-order valence-corrected chi connectivity index (χ1v) is 15.2. The summed E-state index contributed by atoms with van der Waals surface area (Å²) in [4.78, 5) is 28.5. The molecule has 0 saturated carbocycles. The molecular weight excluding hydrogens is 561 g/mol. The lowest BCUT2D eigenvalue weighted by Crippen LogP contribution is -2.52. The molecule has 0 saturated heterocycles. The Morgan fingerprint density at radius 1 is 0.929 bits per heavy atom. The van der Waals surface area contributed by atoms with Crippen LogP contribution in [0.3, 0.4) is 0 Å². The number of hydrogen-bond acceptors (Lipinski definition) is 6. The molecular formula is C31H38FN3O6S. The Hall–Kier alpha value is -4.12. The van der Waals surface area contributed by atoms with E-state index < -0.39 is 34.3 Å². The topological polar surface area (TPSA) is 105 Å². The van der Waals surface area contributed by atoms with E-state index in [1.165, 1.54) is 49.5 Å². The van der Waals surface area contributed by atoms with Gasteiger partial charge < -0.3 is 19.7 Å². The summed E-state index contributed by atoms with van der Waals surface area (Å²) in [6.45, 7) is 3.74. The van der Waals surface area contributed by atoms with E-state index >= 15 is 0 Å². The lowest BCUT2D eigenvalue weighted by atomic mass is 10.1. The number of amides is 2. The molecule has 3 rings (SSSR count). The molecule has 0 spiro atoms. The molecule has 9 nitrogen and oxygen atoms in total. The van der Waals surface area contributed by atoms with Crippen molar-refractivity contribution in [1.82, 2.24) is 10.2 Å². The number of methoxy groups -OCH3 is 2. The van der Waals surface area contributed by atoms with Gasteiger partial charge in [0.1, 0.15) is 18.4 Å². The molecule has 0 aliphatic carbocycles. The predicted molar refractivity (Wildman–Crippen MR) is 159 cm³/mol. The van der Waals surface area contributed by atoms with Crippen LogP contribution in [0.1, 0.15) is 38.7 Å². The van der Waals surface area contributed by atoms with E-state index in [4.69, 9.17) is 9.47 Å². The van der Waals surface area contributed by atoms with E-state index in [1.807, 2.05) is 37.3 Å². The van der Waals surface area contributed by atoms with Gasteiger partial charge in [0.25, 0.3) is 10.0 Å². The second kappa shape index (κ2) is 15.2. The molecule has 3 aromatic rings. The third-order valence-electron chi connectivity index (χ3n) is 6.75. The number of hydrogen-bond donors (Lipinski definition) is 1. The number of halogens is 1. The summed E-state index contributed by atoms with van der Waals surface area (Å²) in [6, 6.07) is 17.2. The van der Waals surface area contributed by atoms with E-state index in [1.54, 1.807) is 6.92 Å². The minimum atomic E-state index is -4.37. The van der Waals surface area contributed by atoms with E-state index in [9.17, 15) is 22.4 Å². The summed E-state index contributed by atoms with van der Waals surface area (Å²) < 4.78 is 53.3. The second-order valence-corrected chi connectivity index (χ2v) is 11.4. The number of benzene rings is 3. The number of nitrogens with zero attached hydrogens (tertiary/aromatic N) is 2. The molecule has 1 atom stereocenters. The molecule has 0 heterocycles. The SMILES string of the molecule is CCCCNC(=O)C(CC)N(Cc1ccccc1)C(=O)CN(c1ccc(F)cc1)S(=O)(=O)c1ccc(OC)c(OC)c1. The van der Waals surface area contributed by atoms with Crippen LogP contribution in [-0.2, 0) is 26.2 Å². The Kier molecular flexibility index (Phi) is 11.7. The first-order valence-electron chi connectivity index (χ1n) is 13.8. The largest absolute Gasteiger partial charge is 0.493 e. The normalized spacial score (nSPS) is 11.8. The molecule has 3 aromatic carbocycles. The van der Waals surface area contributed by atoms with Gasteiger partial charge in [0.15, 0.2) is 11.5 Å². The van der Waals surface area contributed by atoms with Gasteiger partial charge in [-0.1, -0.05) is 50.6 Å². The van der Waals surface area contributed by atoms with Crippen LogP contribution in [0.2, 0.25) is 0 Å². The number of ether oxygens (including phenoxy) is 2. The molecule has 42 heavy (non-hydrogen) atoms. The van der Waals surface area contributed by atoms with Crippen LogP contribution in [-0.4, -0.2) is 58.5 Å². The van der Waals surface area contributed by atoms with Gasteiger partial charge >= 0.3 is 0 Å². The smallest absolute Gasteiger partial charge is 0.264 e. The van der Waals surface area contributed by atoms with Crippen molar-refractivity contribution >= 4 is 27.5 Å². The van der Waals surface area contributed by atoms with Gasteiger partial charge in [-0.25, -0.2) is 12.8 Å². The van der Waals surface area contributed by atoms with Crippen molar-refractivity contribution in [2.24, 2.45) is 0 Å². The second-order valence-electron chi connectivity index (χ2n) is 9.58. The van der Waals surface area contributed by atoms with E-state index in [-0.39, 0.29) is 28.8 Å². The predicted octanol–water partition coefficient (Wildman–Crippen LogP) is 4.76. The Morgan fingerprint density at radius 2 is 1.60 bits per heavy atom. The zero-order valence-electron chi connectivity index (χ0n) is 24.4. The fourth-order valence-electron chi connectivity index (χ4n) is 4.45. The number of rotatable bonds is 15. The molecule has 0 aliphatic rings. The molecule has 1 unspecified atom stereocenters. The number of carbonyl (C=O) groups excluding carboxylic acids is 2. The van der Waals surface area contributed by atoms with Gasteiger partial charge in [-0.2, -0.15) is 0 Å². The van der Waals surface area contributed by atoms with Gasteiger partial charge in [-0.15, -0.1) is 0 Å². The molecule has 0 aromatic heterocycles. The van der Waals surface area contributed by atoms with Gasteiger partial charge in [0.2, 0.25) is 11.8 Å². The van der Waals surface area contributed by atoms with Crippen LogP contribution >= 0.6 is 0 Å². The maximum Gasteiger partial charge on any atom is 0.264 e. The fraction of sp³-hybridized carbons (Fsp3) is 0.355. The fourth-order valence-corrected chi connectivity index (χ4v) is 5.88. The molecule has 226 valence electrons. The molecule has 11 heteroatoms. The van der Waals surface area contributed by atoms with Gasteiger partial charge in [0, 0.05) is 19.2 Å². The molecule has 0 radical (unpaired) electrons. The lowest BCUT2D eigenvalue weighted by molar-refractivity contribution is -0.140. The summed E-state index contributed by atoms with van der Waals surface area (Å²) in [6.07, 6.45) is 2.00. The van der Waals surface area contributed by atoms with Crippen LogP contribution in [0.4, 0.5) is 10.1 Å². The van der Waals surface area contributed by atoms with Crippen molar-refractivity contribution < 1.29 is 31.9 Å². The summed E-state index contributed by atoms with van der Waals surface area (Å²) in [5, 5.41) is 2.89. The highest BCUT2D eigenvalue weighted by molar-refractivity contribution is 7.92. The Labute approximate surface area is 247 Å². The minimum absolute atomic E-state index is 0.0830. The third kappa shape index (κ3) is 8.00. The average molecular weight is 600 g/mol. The lowest BCUT2D eigenvalue weighted by Gasteiger charge is -2.33. The Morgan fingerprint density at radius 3 is 2.19 bits per heavy atom. The van der Waals surface area contributed by atoms with Gasteiger partial charge in [-0.3, -0.25) is 13.9 Å².